The first-order valence-electron chi connectivity index (χ1n) is 8.28. The van der Waals surface area contributed by atoms with Crippen molar-refractivity contribution in [1.29, 1.82) is 0 Å². The maximum atomic E-state index is 3.59. The lowest BCUT2D eigenvalue weighted by Gasteiger charge is -2.15. The standard InChI is InChI=1S/C20H26N2.BrH/c1-11-13(3)19(21-15(11)5)17-8-7-9-18(10-17)20-14(4)12(2)16(6)22-20;/h10,21H,7-9H2,1-6H3;1H/p+1/b20-18+;. The summed E-state index contributed by atoms with van der Waals surface area (Å²) >= 11 is 0. The molecular formula is C20H28BrN2+. The van der Waals surface area contributed by atoms with E-state index in [0.717, 1.165) is 0 Å². The highest BCUT2D eigenvalue weighted by Gasteiger charge is 2.26. The molecule has 0 bridgehead atoms. The van der Waals surface area contributed by atoms with Gasteiger partial charge in [0.05, 0.1) is 0 Å². The summed E-state index contributed by atoms with van der Waals surface area (Å²) in [5.74, 6) is 0. The fourth-order valence-corrected chi connectivity index (χ4v) is 3.55. The molecule has 1 aromatic rings. The van der Waals surface area contributed by atoms with Crippen LogP contribution in [0.15, 0.2) is 28.5 Å². The first-order chi connectivity index (χ1) is 10.4. The van der Waals surface area contributed by atoms with Crippen LogP contribution in [0, 0.1) is 20.8 Å². The predicted octanol–water partition coefficient (Wildman–Crippen LogP) is 4.23. The Bertz CT molecular complexity index is 770. The SMILES string of the molecule is Br.CC1=[NH+]/C(=C2/C=C(c3[nH]c(C)c(C)c3C)CCC2)C(C)=C1C. The van der Waals surface area contributed by atoms with Gasteiger partial charge in [0.1, 0.15) is 0 Å². The van der Waals surface area contributed by atoms with Crippen LogP contribution in [-0.2, 0) is 0 Å². The minimum atomic E-state index is 0. The number of aromatic nitrogens is 1. The van der Waals surface area contributed by atoms with Crippen molar-refractivity contribution >= 4 is 28.3 Å². The van der Waals surface area contributed by atoms with E-state index in [9.17, 15) is 0 Å². The van der Waals surface area contributed by atoms with Crippen molar-refractivity contribution in [3.63, 3.8) is 0 Å². The van der Waals surface area contributed by atoms with E-state index >= 15 is 0 Å². The van der Waals surface area contributed by atoms with E-state index in [4.69, 9.17) is 0 Å². The van der Waals surface area contributed by atoms with Gasteiger partial charge in [-0.25, -0.2) is 4.99 Å². The number of hydrogen-bond donors (Lipinski definition) is 2. The Morgan fingerprint density at radius 3 is 2.13 bits per heavy atom. The van der Waals surface area contributed by atoms with Gasteiger partial charge in [0.15, 0.2) is 5.71 Å². The lowest BCUT2D eigenvalue weighted by molar-refractivity contribution is -0.389. The van der Waals surface area contributed by atoms with Crippen molar-refractivity contribution in [2.45, 2.75) is 60.8 Å². The van der Waals surface area contributed by atoms with Crippen LogP contribution in [0.3, 0.4) is 0 Å². The molecule has 124 valence electrons. The summed E-state index contributed by atoms with van der Waals surface area (Å²) in [5.41, 5.74) is 13.8. The monoisotopic (exact) mass is 375 g/mol. The van der Waals surface area contributed by atoms with E-state index in [1.54, 1.807) is 0 Å². The van der Waals surface area contributed by atoms with Crippen molar-refractivity contribution in [2.75, 3.05) is 0 Å². The predicted molar refractivity (Wildman–Crippen MR) is 104 cm³/mol. The number of aromatic amines is 1. The molecular weight excluding hydrogens is 348 g/mol. The second-order valence-corrected chi connectivity index (χ2v) is 6.80. The number of aryl methyl sites for hydroxylation is 1. The Morgan fingerprint density at radius 1 is 0.913 bits per heavy atom. The largest absolute Gasteiger partial charge is 0.358 e. The van der Waals surface area contributed by atoms with E-state index < -0.39 is 0 Å². The van der Waals surface area contributed by atoms with Gasteiger partial charge in [-0.2, -0.15) is 0 Å². The summed E-state index contributed by atoms with van der Waals surface area (Å²) in [5, 5.41) is 0. The zero-order valence-corrected chi connectivity index (χ0v) is 16.8. The third kappa shape index (κ3) is 3.03. The molecule has 0 atom stereocenters. The molecule has 1 aliphatic heterocycles. The number of halogens is 1. The maximum Gasteiger partial charge on any atom is 0.210 e. The van der Waals surface area contributed by atoms with Gasteiger partial charge in [-0.3, -0.25) is 0 Å². The van der Waals surface area contributed by atoms with Crippen molar-refractivity contribution in [1.82, 2.24) is 4.98 Å². The summed E-state index contributed by atoms with van der Waals surface area (Å²) < 4.78 is 0. The molecule has 1 aromatic heterocycles. The molecule has 0 radical (unpaired) electrons. The van der Waals surface area contributed by atoms with Gasteiger partial charge in [0, 0.05) is 35.0 Å². The fourth-order valence-electron chi connectivity index (χ4n) is 3.55. The third-order valence-corrected chi connectivity index (χ3v) is 5.51. The highest BCUT2D eigenvalue weighted by Crippen LogP contribution is 2.34. The van der Waals surface area contributed by atoms with Gasteiger partial charge in [-0.1, -0.05) is 0 Å². The van der Waals surface area contributed by atoms with Crippen LogP contribution in [0.2, 0.25) is 0 Å². The fraction of sp³-hybridized carbons (Fsp3) is 0.450. The first kappa shape index (κ1) is 18.0. The van der Waals surface area contributed by atoms with E-state index in [1.165, 1.54) is 75.5 Å². The molecule has 0 unspecified atom stereocenters. The van der Waals surface area contributed by atoms with Gasteiger partial charge in [-0.05, 0) is 76.7 Å². The van der Waals surface area contributed by atoms with Crippen molar-refractivity contribution < 1.29 is 4.99 Å². The second-order valence-electron chi connectivity index (χ2n) is 6.80. The van der Waals surface area contributed by atoms with E-state index in [0.29, 0.717) is 0 Å². The van der Waals surface area contributed by atoms with Crippen molar-refractivity contribution in [3.8, 4) is 0 Å². The zero-order valence-electron chi connectivity index (χ0n) is 15.1. The number of allylic oxidation sites excluding steroid dienone is 5. The Kier molecular flexibility index (Phi) is 5.20. The van der Waals surface area contributed by atoms with Crippen LogP contribution < -0.4 is 4.99 Å². The normalized spacial score (nSPS) is 21.3. The van der Waals surface area contributed by atoms with Gasteiger partial charge in [-0.15, -0.1) is 17.0 Å². The zero-order chi connectivity index (χ0) is 16.0. The molecule has 2 nitrogen and oxygen atoms in total. The van der Waals surface area contributed by atoms with Crippen LogP contribution in [0.25, 0.3) is 5.57 Å². The number of rotatable bonds is 1. The molecule has 0 spiro atoms. The van der Waals surface area contributed by atoms with Crippen molar-refractivity contribution in [3.05, 3.63) is 51.0 Å². The molecule has 0 fully saturated rings. The molecule has 2 N–H and O–H groups in total. The number of H-pyrrole nitrogens is 1. The molecule has 0 aromatic carbocycles. The molecule has 1 aliphatic carbocycles. The smallest absolute Gasteiger partial charge is 0.210 e. The van der Waals surface area contributed by atoms with E-state index in [1.807, 2.05) is 0 Å². The van der Waals surface area contributed by atoms with Crippen LogP contribution in [-0.4, -0.2) is 10.7 Å². The molecule has 0 saturated heterocycles. The van der Waals surface area contributed by atoms with Gasteiger partial charge < -0.3 is 4.98 Å². The Hall–Kier alpha value is -1.35. The molecule has 2 heterocycles. The molecule has 0 saturated carbocycles. The molecule has 0 amide bonds. The molecule has 23 heavy (non-hydrogen) atoms. The maximum absolute atomic E-state index is 3.59. The summed E-state index contributed by atoms with van der Waals surface area (Å²) in [4.78, 5) is 7.19. The molecule has 3 heteroatoms. The van der Waals surface area contributed by atoms with Crippen LogP contribution in [0.4, 0.5) is 0 Å². The number of hydrogen-bond acceptors (Lipinski definition) is 0. The van der Waals surface area contributed by atoms with Gasteiger partial charge >= 0.3 is 0 Å². The summed E-state index contributed by atoms with van der Waals surface area (Å²) in [6, 6.07) is 0. The minimum Gasteiger partial charge on any atom is -0.358 e. The first-order valence-corrected chi connectivity index (χ1v) is 8.28. The minimum absolute atomic E-state index is 0. The highest BCUT2D eigenvalue weighted by atomic mass is 79.9. The average Bonchev–Trinajstić information content (AvgIpc) is 2.92. The lowest BCUT2D eigenvalue weighted by Crippen LogP contribution is -2.68. The average molecular weight is 376 g/mol. The van der Waals surface area contributed by atoms with Crippen LogP contribution in [0.1, 0.15) is 62.5 Å². The highest BCUT2D eigenvalue weighted by molar-refractivity contribution is 8.93. The quantitative estimate of drug-likeness (QED) is 0.735. The van der Waals surface area contributed by atoms with E-state index in [-0.39, 0.29) is 17.0 Å². The molecule has 2 aliphatic rings. The van der Waals surface area contributed by atoms with Crippen LogP contribution in [0.5, 0.6) is 0 Å². The Labute approximate surface area is 150 Å². The van der Waals surface area contributed by atoms with Crippen LogP contribution >= 0.6 is 17.0 Å². The molecule has 3 rings (SSSR count). The third-order valence-electron chi connectivity index (χ3n) is 5.51. The summed E-state index contributed by atoms with van der Waals surface area (Å²) in [7, 11) is 0. The summed E-state index contributed by atoms with van der Waals surface area (Å²) in [6.07, 6.45) is 5.98. The summed E-state index contributed by atoms with van der Waals surface area (Å²) in [6.45, 7) is 13.2. The second kappa shape index (κ2) is 6.64. The van der Waals surface area contributed by atoms with Gasteiger partial charge in [0.25, 0.3) is 0 Å². The topological polar surface area (TPSA) is 29.8 Å². The number of nitrogens with one attached hydrogen (secondary N) is 2. The Morgan fingerprint density at radius 2 is 1.61 bits per heavy atom. The Balaban J connectivity index is 0.00000192. The van der Waals surface area contributed by atoms with Gasteiger partial charge in [0.2, 0.25) is 5.70 Å². The van der Waals surface area contributed by atoms with Crippen molar-refractivity contribution in [2.24, 2.45) is 0 Å². The van der Waals surface area contributed by atoms with E-state index in [2.05, 4.69) is 57.6 Å². The lowest BCUT2D eigenvalue weighted by atomic mass is 9.89.